The van der Waals surface area contributed by atoms with Crippen LogP contribution in [0.5, 0.6) is 0 Å². The summed E-state index contributed by atoms with van der Waals surface area (Å²) in [6.45, 7) is 0.364. The molecule has 0 aliphatic heterocycles. The molecule has 196 valence electrons. The first-order valence-corrected chi connectivity index (χ1v) is 12.9. The average molecular weight is 534 g/mol. The number of hydrogen-bond acceptors (Lipinski definition) is 8. The van der Waals surface area contributed by atoms with Crippen LogP contribution in [0, 0.1) is 0 Å². The van der Waals surface area contributed by atoms with Gasteiger partial charge in [0, 0.05) is 24.3 Å². The van der Waals surface area contributed by atoms with Gasteiger partial charge in [-0.15, -0.1) is 11.3 Å². The number of amides is 2. The fraction of sp³-hybridized carbons (Fsp3) is 0.214. The Morgan fingerprint density at radius 1 is 0.895 bits per heavy atom. The Labute approximate surface area is 223 Å². The van der Waals surface area contributed by atoms with Crippen LogP contribution < -0.4 is 10.6 Å². The summed E-state index contributed by atoms with van der Waals surface area (Å²) in [5, 5.41) is 7.35. The standard InChI is InChI=1S/C28H27N3O6S/c32-26(23(16-22-12-7-15-38-22)31-28(34)36-18-21-10-5-2-6-11-21)29-14-13-24-25(30-19-37-24)27(33)35-17-20-8-3-1-4-9-20/h1-12,15,19,23H,13-14,16-18H2,(H,29,32)(H,31,34)/t23-/m0/s1. The van der Waals surface area contributed by atoms with Gasteiger partial charge < -0.3 is 24.5 Å². The summed E-state index contributed by atoms with van der Waals surface area (Å²) in [4.78, 5) is 42.8. The number of thiophene rings is 1. The molecule has 4 rings (SSSR count). The third kappa shape index (κ3) is 8.04. The molecule has 0 fully saturated rings. The van der Waals surface area contributed by atoms with Crippen molar-refractivity contribution in [3.05, 3.63) is 112 Å². The van der Waals surface area contributed by atoms with Crippen molar-refractivity contribution in [2.75, 3.05) is 6.54 Å². The number of carbonyl (C=O) groups is 3. The van der Waals surface area contributed by atoms with Crippen LogP contribution >= 0.6 is 11.3 Å². The number of oxazole rings is 1. The summed E-state index contributed by atoms with van der Waals surface area (Å²) in [5.74, 6) is -0.696. The van der Waals surface area contributed by atoms with Crippen molar-refractivity contribution < 1.29 is 28.3 Å². The van der Waals surface area contributed by atoms with Crippen LogP contribution in [0.3, 0.4) is 0 Å². The second-order valence-corrected chi connectivity index (χ2v) is 9.30. The van der Waals surface area contributed by atoms with Gasteiger partial charge >= 0.3 is 12.1 Å². The largest absolute Gasteiger partial charge is 0.456 e. The molecule has 2 N–H and O–H groups in total. The first-order valence-electron chi connectivity index (χ1n) is 12.0. The Kier molecular flexibility index (Phi) is 9.63. The van der Waals surface area contributed by atoms with Crippen LogP contribution in [-0.4, -0.2) is 35.5 Å². The molecule has 0 radical (unpaired) electrons. The lowest BCUT2D eigenvalue weighted by Crippen LogP contribution is -2.48. The van der Waals surface area contributed by atoms with Crippen molar-refractivity contribution in [3.8, 4) is 0 Å². The Hall–Kier alpha value is -4.44. The van der Waals surface area contributed by atoms with Crippen molar-refractivity contribution in [3.63, 3.8) is 0 Å². The van der Waals surface area contributed by atoms with Gasteiger partial charge in [0.2, 0.25) is 5.91 Å². The van der Waals surface area contributed by atoms with E-state index in [9.17, 15) is 14.4 Å². The van der Waals surface area contributed by atoms with E-state index < -0.39 is 18.1 Å². The minimum Gasteiger partial charge on any atom is -0.456 e. The number of nitrogens with one attached hydrogen (secondary N) is 2. The van der Waals surface area contributed by atoms with Crippen molar-refractivity contribution in [2.45, 2.75) is 32.1 Å². The molecule has 9 nitrogen and oxygen atoms in total. The third-order valence-corrected chi connectivity index (χ3v) is 6.40. The minimum atomic E-state index is -0.845. The van der Waals surface area contributed by atoms with E-state index in [-0.39, 0.29) is 37.8 Å². The summed E-state index contributed by atoms with van der Waals surface area (Å²) >= 11 is 1.49. The topological polar surface area (TPSA) is 120 Å². The number of alkyl carbamates (subject to hydrolysis) is 1. The van der Waals surface area contributed by atoms with Gasteiger partial charge in [0.05, 0.1) is 0 Å². The van der Waals surface area contributed by atoms with Crippen molar-refractivity contribution >= 4 is 29.3 Å². The van der Waals surface area contributed by atoms with Gasteiger partial charge in [-0.25, -0.2) is 14.6 Å². The van der Waals surface area contributed by atoms with Gasteiger partial charge in [0.1, 0.15) is 25.0 Å². The molecule has 0 aliphatic carbocycles. The van der Waals surface area contributed by atoms with Crippen LogP contribution in [0.15, 0.2) is 89.0 Å². The Balaban J connectivity index is 1.29. The number of rotatable bonds is 12. The normalized spacial score (nSPS) is 11.4. The molecule has 2 heterocycles. The highest BCUT2D eigenvalue weighted by Gasteiger charge is 2.23. The van der Waals surface area contributed by atoms with Crippen molar-refractivity contribution in [2.24, 2.45) is 0 Å². The summed E-state index contributed by atoms with van der Waals surface area (Å²) in [5.41, 5.74) is 1.75. The third-order valence-electron chi connectivity index (χ3n) is 5.51. The maximum atomic E-state index is 13.0. The fourth-order valence-electron chi connectivity index (χ4n) is 3.57. The van der Waals surface area contributed by atoms with E-state index in [1.54, 1.807) is 0 Å². The Morgan fingerprint density at radius 2 is 1.58 bits per heavy atom. The monoisotopic (exact) mass is 533 g/mol. The zero-order valence-electron chi connectivity index (χ0n) is 20.5. The highest BCUT2D eigenvalue weighted by atomic mass is 32.1. The molecule has 10 heteroatoms. The van der Waals surface area contributed by atoms with Gasteiger partial charge in [-0.3, -0.25) is 4.79 Å². The van der Waals surface area contributed by atoms with Crippen LogP contribution in [0.2, 0.25) is 0 Å². The summed E-state index contributed by atoms with van der Waals surface area (Å²) in [6.07, 6.45) is 0.999. The van der Waals surface area contributed by atoms with Crippen LogP contribution in [0.1, 0.15) is 32.3 Å². The fourth-order valence-corrected chi connectivity index (χ4v) is 4.33. The van der Waals surface area contributed by atoms with Crippen molar-refractivity contribution in [1.29, 1.82) is 0 Å². The van der Waals surface area contributed by atoms with E-state index in [0.717, 1.165) is 16.0 Å². The van der Waals surface area contributed by atoms with E-state index in [2.05, 4.69) is 15.6 Å². The van der Waals surface area contributed by atoms with Gasteiger partial charge in [0.25, 0.3) is 0 Å². The average Bonchev–Trinajstić information content (AvgIpc) is 3.64. The van der Waals surface area contributed by atoms with E-state index >= 15 is 0 Å². The number of hydrogen-bond donors (Lipinski definition) is 2. The van der Waals surface area contributed by atoms with E-state index in [1.165, 1.54) is 17.7 Å². The molecular weight excluding hydrogens is 506 g/mol. The predicted molar refractivity (Wildman–Crippen MR) is 140 cm³/mol. The lowest BCUT2D eigenvalue weighted by Gasteiger charge is -2.18. The summed E-state index contributed by atoms with van der Waals surface area (Å²) in [7, 11) is 0. The molecule has 1 atom stereocenters. The maximum Gasteiger partial charge on any atom is 0.408 e. The molecule has 38 heavy (non-hydrogen) atoms. The molecule has 2 amide bonds. The molecule has 0 bridgehead atoms. The lowest BCUT2D eigenvalue weighted by molar-refractivity contribution is -0.123. The number of benzene rings is 2. The van der Waals surface area contributed by atoms with Gasteiger partial charge in [-0.2, -0.15) is 0 Å². The molecule has 0 saturated carbocycles. The number of esters is 1. The zero-order valence-corrected chi connectivity index (χ0v) is 21.3. The second-order valence-electron chi connectivity index (χ2n) is 8.27. The molecule has 2 aromatic carbocycles. The maximum absolute atomic E-state index is 13.0. The Morgan fingerprint density at radius 3 is 2.24 bits per heavy atom. The van der Waals surface area contributed by atoms with Crippen LogP contribution in [0.25, 0.3) is 0 Å². The predicted octanol–water partition coefficient (Wildman–Crippen LogP) is 4.29. The highest BCUT2D eigenvalue weighted by molar-refractivity contribution is 7.09. The highest BCUT2D eigenvalue weighted by Crippen LogP contribution is 2.13. The zero-order chi connectivity index (χ0) is 26.6. The van der Waals surface area contributed by atoms with Gasteiger partial charge in [-0.05, 0) is 22.6 Å². The quantitative estimate of drug-likeness (QED) is 0.261. The smallest absolute Gasteiger partial charge is 0.408 e. The van der Waals surface area contributed by atoms with Crippen LogP contribution in [0.4, 0.5) is 4.79 Å². The molecule has 4 aromatic rings. The second kappa shape index (κ2) is 13.8. The summed E-state index contributed by atoms with van der Waals surface area (Å²) < 4.78 is 16.0. The lowest BCUT2D eigenvalue weighted by atomic mass is 10.1. The number of nitrogens with zero attached hydrogens (tertiary/aromatic N) is 1. The number of ether oxygens (including phenoxy) is 2. The first kappa shape index (κ1) is 26.6. The molecule has 0 spiro atoms. The van der Waals surface area contributed by atoms with Gasteiger partial charge in [-0.1, -0.05) is 66.7 Å². The van der Waals surface area contributed by atoms with E-state index in [1.807, 2.05) is 78.2 Å². The first-order chi connectivity index (χ1) is 18.6. The van der Waals surface area contributed by atoms with E-state index in [4.69, 9.17) is 13.9 Å². The summed E-state index contributed by atoms with van der Waals surface area (Å²) in [6, 6.07) is 21.5. The molecule has 0 unspecified atom stereocenters. The van der Waals surface area contributed by atoms with Crippen LogP contribution in [-0.2, 0) is 40.3 Å². The van der Waals surface area contributed by atoms with E-state index in [0.29, 0.717) is 12.2 Å². The molecule has 0 aliphatic rings. The molecule has 0 saturated heterocycles. The number of aromatic nitrogens is 1. The molecular formula is C28H27N3O6S. The molecule has 2 aromatic heterocycles. The van der Waals surface area contributed by atoms with Gasteiger partial charge in [0.15, 0.2) is 12.1 Å². The number of carbonyl (C=O) groups excluding carboxylic acids is 3. The van der Waals surface area contributed by atoms with Crippen molar-refractivity contribution in [1.82, 2.24) is 15.6 Å². The SMILES string of the molecule is O=C(N[C@@H](Cc1cccs1)C(=O)NCCc1ocnc1C(=O)OCc1ccccc1)OCc1ccccc1. The minimum absolute atomic E-state index is 0.0629. The Bertz CT molecular complexity index is 1310.